The molecule has 1 saturated heterocycles. The number of fused-ring (bicyclic) bond motifs is 3. The molecule has 31 heavy (non-hydrogen) atoms. The van der Waals surface area contributed by atoms with Crippen LogP contribution in [0.15, 0.2) is 57.7 Å². The minimum absolute atomic E-state index is 0.0165. The van der Waals surface area contributed by atoms with E-state index >= 15 is 0 Å². The van der Waals surface area contributed by atoms with Gasteiger partial charge in [0.2, 0.25) is 0 Å². The van der Waals surface area contributed by atoms with Crippen LogP contribution in [0.25, 0.3) is 21.1 Å². The van der Waals surface area contributed by atoms with Crippen molar-refractivity contribution < 1.29 is 9.21 Å². The van der Waals surface area contributed by atoms with Gasteiger partial charge in [0.1, 0.15) is 5.58 Å². The summed E-state index contributed by atoms with van der Waals surface area (Å²) in [6, 6.07) is 16.1. The fourth-order valence-corrected chi connectivity index (χ4v) is 5.54. The molecular weight excluding hydrogens is 408 g/mol. The van der Waals surface area contributed by atoms with E-state index in [0.29, 0.717) is 28.9 Å². The fourth-order valence-electron chi connectivity index (χ4n) is 4.40. The lowest BCUT2D eigenvalue weighted by molar-refractivity contribution is 0.0731. The molecule has 2 aromatic carbocycles. The zero-order valence-electron chi connectivity index (χ0n) is 17.8. The molecule has 0 aliphatic carbocycles. The molecular formula is C25H24N2O3S. The van der Waals surface area contributed by atoms with Gasteiger partial charge in [-0.05, 0) is 56.7 Å². The van der Waals surface area contributed by atoms with E-state index in [9.17, 15) is 9.59 Å². The number of rotatable bonds is 2. The topological polar surface area (TPSA) is 53.8 Å². The number of hydrogen-bond donors (Lipinski definition) is 0. The van der Waals surface area contributed by atoms with Crippen molar-refractivity contribution in [2.45, 2.75) is 26.8 Å². The molecule has 4 aromatic rings. The maximum atomic E-state index is 13.3. The number of amides is 1. The van der Waals surface area contributed by atoms with Gasteiger partial charge < -0.3 is 14.2 Å². The van der Waals surface area contributed by atoms with Crippen molar-refractivity contribution in [2.24, 2.45) is 0 Å². The molecule has 1 fully saturated rings. The Morgan fingerprint density at radius 1 is 1.03 bits per heavy atom. The van der Waals surface area contributed by atoms with Crippen LogP contribution in [0.3, 0.4) is 0 Å². The second kappa shape index (κ2) is 7.54. The van der Waals surface area contributed by atoms with E-state index in [1.54, 1.807) is 6.07 Å². The van der Waals surface area contributed by atoms with Gasteiger partial charge in [-0.3, -0.25) is 4.79 Å². The molecule has 0 bridgehead atoms. The summed E-state index contributed by atoms with van der Waals surface area (Å²) in [6.07, 6.45) is 0. The van der Waals surface area contributed by atoms with Crippen molar-refractivity contribution in [1.29, 1.82) is 0 Å². The molecule has 2 aromatic heterocycles. The maximum Gasteiger partial charge on any atom is 0.345 e. The molecule has 1 amide bonds. The van der Waals surface area contributed by atoms with Gasteiger partial charge in [-0.15, -0.1) is 11.3 Å². The third-order valence-electron chi connectivity index (χ3n) is 5.99. The molecule has 3 heterocycles. The van der Waals surface area contributed by atoms with Gasteiger partial charge in [-0.1, -0.05) is 23.8 Å². The molecule has 5 nitrogen and oxygen atoms in total. The first-order valence-corrected chi connectivity index (χ1v) is 11.3. The molecule has 1 aliphatic rings. The molecule has 6 heteroatoms. The Labute approximate surface area is 184 Å². The van der Waals surface area contributed by atoms with E-state index in [0.717, 1.165) is 22.2 Å². The Balaban J connectivity index is 1.44. The third-order valence-corrected chi connectivity index (χ3v) is 7.15. The number of carbonyl (C=O) groups excluding carboxylic acids is 1. The quantitative estimate of drug-likeness (QED) is 0.420. The predicted molar refractivity (Wildman–Crippen MR) is 126 cm³/mol. The molecule has 1 unspecified atom stereocenters. The van der Waals surface area contributed by atoms with E-state index in [1.165, 1.54) is 22.6 Å². The van der Waals surface area contributed by atoms with Crippen LogP contribution in [0, 0.1) is 13.8 Å². The monoisotopic (exact) mass is 432 g/mol. The SMILES string of the molecule is Cc1cccc(N2CCN(C(=O)c3cc4c(=O)oc5ccc(C)cc5c4s3)CC2C)c1. The maximum absolute atomic E-state index is 13.3. The van der Waals surface area contributed by atoms with Gasteiger partial charge in [-0.25, -0.2) is 4.79 Å². The number of hydrogen-bond acceptors (Lipinski definition) is 5. The molecule has 1 atom stereocenters. The van der Waals surface area contributed by atoms with Crippen LogP contribution in [0.4, 0.5) is 5.69 Å². The van der Waals surface area contributed by atoms with Crippen molar-refractivity contribution in [3.63, 3.8) is 0 Å². The average Bonchev–Trinajstić information content (AvgIpc) is 3.20. The highest BCUT2D eigenvalue weighted by atomic mass is 32.1. The number of benzene rings is 2. The number of anilines is 1. The lowest BCUT2D eigenvalue weighted by Crippen LogP contribution is -2.53. The summed E-state index contributed by atoms with van der Waals surface area (Å²) in [5, 5.41) is 1.37. The van der Waals surface area contributed by atoms with E-state index < -0.39 is 0 Å². The Hall–Kier alpha value is -3.12. The van der Waals surface area contributed by atoms with Gasteiger partial charge in [0, 0.05) is 36.7 Å². The molecule has 0 spiro atoms. The minimum Gasteiger partial charge on any atom is -0.422 e. The van der Waals surface area contributed by atoms with Crippen LogP contribution in [0.1, 0.15) is 27.7 Å². The first kappa shape index (κ1) is 19.8. The molecule has 0 N–H and O–H groups in total. The summed E-state index contributed by atoms with van der Waals surface area (Å²) in [6.45, 7) is 8.33. The number of thiophene rings is 1. The van der Waals surface area contributed by atoms with Crippen molar-refractivity contribution in [3.8, 4) is 0 Å². The van der Waals surface area contributed by atoms with Crippen molar-refractivity contribution in [3.05, 3.63) is 75.0 Å². The van der Waals surface area contributed by atoms with Crippen LogP contribution in [0.2, 0.25) is 0 Å². The molecule has 0 saturated carbocycles. The number of aryl methyl sites for hydroxylation is 2. The van der Waals surface area contributed by atoms with Crippen LogP contribution < -0.4 is 10.5 Å². The predicted octanol–water partition coefficient (Wildman–Crippen LogP) is 4.98. The number of nitrogens with zero attached hydrogens (tertiary/aromatic N) is 2. The third kappa shape index (κ3) is 3.51. The zero-order chi connectivity index (χ0) is 21.7. The lowest BCUT2D eigenvalue weighted by atomic mass is 10.1. The first-order valence-electron chi connectivity index (χ1n) is 10.5. The standard InChI is InChI=1S/C25H24N2O3S/c1-15-5-4-6-18(11-15)27-10-9-26(14-17(27)3)24(28)22-13-20-23(31-22)19-12-16(2)7-8-21(19)30-25(20)29/h4-8,11-13,17H,9-10,14H2,1-3H3. The van der Waals surface area contributed by atoms with Crippen LogP contribution in [-0.2, 0) is 0 Å². The van der Waals surface area contributed by atoms with E-state index in [-0.39, 0.29) is 17.6 Å². The van der Waals surface area contributed by atoms with Crippen LogP contribution >= 0.6 is 11.3 Å². The number of piperazine rings is 1. The van der Waals surface area contributed by atoms with Gasteiger partial charge in [-0.2, -0.15) is 0 Å². The zero-order valence-corrected chi connectivity index (χ0v) is 18.7. The fraction of sp³-hybridized carbons (Fsp3) is 0.280. The Bertz CT molecular complexity index is 1370. The summed E-state index contributed by atoms with van der Waals surface area (Å²) in [5.41, 5.74) is 3.68. The average molecular weight is 433 g/mol. The van der Waals surface area contributed by atoms with Crippen LogP contribution in [0.5, 0.6) is 0 Å². The highest BCUT2D eigenvalue weighted by Gasteiger charge is 2.29. The molecule has 5 rings (SSSR count). The summed E-state index contributed by atoms with van der Waals surface area (Å²) in [4.78, 5) is 30.6. The normalized spacial score (nSPS) is 16.9. The molecule has 1 aliphatic heterocycles. The van der Waals surface area contributed by atoms with E-state index in [2.05, 4.69) is 43.0 Å². The van der Waals surface area contributed by atoms with Crippen LogP contribution in [-0.4, -0.2) is 36.5 Å². The van der Waals surface area contributed by atoms with Gasteiger partial charge in [0.15, 0.2) is 0 Å². The van der Waals surface area contributed by atoms with E-state index in [4.69, 9.17) is 4.42 Å². The Morgan fingerprint density at radius 2 is 1.84 bits per heavy atom. The largest absolute Gasteiger partial charge is 0.422 e. The summed E-state index contributed by atoms with van der Waals surface area (Å²) < 4.78 is 6.30. The van der Waals surface area contributed by atoms with Crippen molar-refractivity contribution >= 4 is 44.0 Å². The Morgan fingerprint density at radius 3 is 2.61 bits per heavy atom. The highest BCUT2D eigenvalue weighted by Crippen LogP contribution is 2.32. The molecule has 0 radical (unpaired) electrons. The number of carbonyl (C=O) groups is 1. The van der Waals surface area contributed by atoms with Crippen molar-refractivity contribution in [2.75, 3.05) is 24.5 Å². The van der Waals surface area contributed by atoms with Gasteiger partial charge in [0.25, 0.3) is 5.91 Å². The lowest BCUT2D eigenvalue weighted by Gasteiger charge is -2.41. The minimum atomic E-state index is -0.390. The summed E-state index contributed by atoms with van der Waals surface area (Å²) in [5.74, 6) is -0.0165. The van der Waals surface area contributed by atoms with Crippen molar-refractivity contribution in [1.82, 2.24) is 4.90 Å². The smallest absolute Gasteiger partial charge is 0.345 e. The van der Waals surface area contributed by atoms with Gasteiger partial charge in [0.05, 0.1) is 15.0 Å². The van der Waals surface area contributed by atoms with E-state index in [1.807, 2.05) is 30.0 Å². The highest BCUT2D eigenvalue weighted by molar-refractivity contribution is 7.21. The molecule has 158 valence electrons. The Kier molecular flexibility index (Phi) is 4.82. The second-order valence-corrected chi connectivity index (χ2v) is 9.43. The second-order valence-electron chi connectivity index (χ2n) is 8.38. The van der Waals surface area contributed by atoms with Gasteiger partial charge >= 0.3 is 5.63 Å². The summed E-state index contributed by atoms with van der Waals surface area (Å²) in [7, 11) is 0. The summed E-state index contributed by atoms with van der Waals surface area (Å²) >= 11 is 1.39. The first-order chi connectivity index (χ1) is 14.9.